The van der Waals surface area contributed by atoms with E-state index in [4.69, 9.17) is 23.2 Å². The fourth-order valence-electron chi connectivity index (χ4n) is 2.59. The molecule has 0 saturated heterocycles. The minimum atomic E-state index is -3.72. The quantitative estimate of drug-likeness (QED) is 0.474. The maximum Gasteiger partial charge on any atom is 0.243 e. The summed E-state index contributed by atoms with van der Waals surface area (Å²) in [5.74, 6) is 0.569. The maximum absolute atomic E-state index is 12.5. The lowest BCUT2D eigenvalue weighted by Gasteiger charge is -2.17. The number of carbonyl (C=O) groups is 1. The second kappa shape index (κ2) is 8.63. The first kappa shape index (κ1) is 21.5. The number of thioether (sulfide) groups is 1. The molecule has 1 N–H and O–H groups in total. The highest BCUT2D eigenvalue weighted by molar-refractivity contribution is 7.99. The monoisotopic (exact) mass is 458 g/mol. The van der Waals surface area contributed by atoms with Crippen molar-refractivity contribution in [2.24, 2.45) is 5.92 Å². The Balaban J connectivity index is 1.62. The van der Waals surface area contributed by atoms with Gasteiger partial charge in [0.15, 0.2) is 0 Å². The third-order valence-electron chi connectivity index (χ3n) is 4.37. The Morgan fingerprint density at radius 2 is 1.79 bits per heavy atom. The van der Waals surface area contributed by atoms with Crippen LogP contribution in [0.4, 0.5) is 5.69 Å². The van der Waals surface area contributed by atoms with Crippen LogP contribution in [0.25, 0.3) is 0 Å². The number of hydrogen-bond donors (Lipinski definition) is 1. The van der Waals surface area contributed by atoms with Crippen LogP contribution in [0.5, 0.6) is 0 Å². The van der Waals surface area contributed by atoms with E-state index in [1.54, 1.807) is 36.0 Å². The Morgan fingerprint density at radius 3 is 2.43 bits per heavy atom. The molecule has 0 spiro atoms. The molecule has 2 aromatic rings. The molecule has 5 nitrogen and oxygen atoms in total. The highest BCUT2D eigenvalue weighted by Crippen LogP contribution is 2.55. The van der Waals surface area contributed by atoms with E-state index >= 15 is 0 Å². The molecular formula is C19H20Cl2N2O3S2. The highest BCUT2D eigenvalue weighted by Gasteiger charge is 2.51. The minimum absolute atomic E-state index is 0.149. The van der Waals surface area contributed by atoms with Crippen LogP contribution in [0.1, 0.15) is 6.42 Å². The summed E-state index contributed by atoms with van der Waals surface area (Å²) in [6.45, 7) is -0.286. The predicted octanol–water partition coefficient (Wildman–Crippen LogP) is 4.23. The molecule has 2 aromatic carbocycles. The maximum atomic E-state index is 12.5. The molecular weight excluding hydrogens is 439 g/mol. The zero-order chi connectivity index (χ0) is 20.4. The lowest BCUT2D eigenvalue weighted by Crippen LogP contribution is -2.35. The number of para-hydroxylation sites is 1. The summed E-state index contributed by atoms with van der Waals surface area (Å²) in [6, 6.07) is 15.4. The molecule has 1 amide bonds. The Hall–Kier alpha value is -1.25. The lowest BCUT2D eigenvalue weighted by molar-refractivity contribution is -0.116. The fraction of sp³-hybridized carbons (Fsp3) is 0.316. The number of anilines is 1. The molecule has 1 aliphatic rings. The van der Waals surface area contributed by atoms with Crippen molar-refractivity contribution >= 4 is 56.6 Å². The molecule has 0 bridgehead atoms. The van der Waals surface area contributed by atoms with Gasteiger partial charge in [0.1, 0.15) is 4.33 Å². The molecule has 1 aliphatic carbocycles. The van der Waals surface area contributed by atoms with Gasteiger partial charge in [-0.2, -0.15) is 4.31 Å². The predicted molar refractivity (Wildman–Crippen MR) is 115 cm³/mol. The number of alkyl halides is 2. The van der Waals surface area contributed by atoms with Gasteiger partial charge in [0.25, 0.3) is 0 Å². The van der Waals surface area contributed by atoms with Crippen LogP contribution in [-0.2, 0) is 14.8 Å². The topological polar surface area (TPSA) is 66.5 Å². The Labute approximate surface area is 179 Å². The Bertz CT molecular complexity index is 953. The summed E-state index contributed by atoms with van der Waals surface area (Å²) >= 11 is 13.7. The summed E-state index contributed by atoms with van der Waals surface area (Å²) in [5.41, 5.74) is 0.637. The third kappa shape index (κ3) is 5.21. The van der Waals surface area contributed by atoms with Crippen molar-refractivity contribution in [3.8, 4) is 0 Å². The zero-order valence-corrected chi connectivity index (χ0v) is 18.3. The average Bonchev–Trinajstić information content (AvgIpc) is 3.28. The first-order valence-corrected chi connectivity index (χ1v) is 11.8. The molecule has 1 saturated carbocycles. The van der Waals surface area contributed by atoms with Crippen LogP contribution in [-0.4, -0.2) is 42.3 Å². The van der Waals surface area contributed by atoms with E-state index in [0.717, 1.165) is 21.4 Å². The summed E-state index contributed by atoms with van der Waals surface area (Å²) in [4.78, 5) is 13.5. The van der Waals surface area contributed by atoms with Crippen molar-refractivity contribution in [1.29, 1.82) is 0 Å². The molecule has 0 aliphatic heterocycles. The van der Waals surface area contributed by atoms with Crippen molar-refractivity contribution in [2.75, 3.05) is 24.7 Å². The van der Waals surface area contributed by atoms with Gasteiger partial charge in [0.05, 0.1) is 17.1 Å². The summed E-state index contributed by atoms with van der Waals surface area (Å²) < 4.78 is 25.5. The normalized spacial score (nSPS) is 18.1. The number of nitrogens with zero attached hydrogens (tertiary/aromatic N) is 1. The highest BCUT2D eigenvalue weighted by atomic mass is 35.5. The van der Waals surface area contributed by atoms with Crippen LogP contribution in [0, 0.1) is 5.92 Å². The molecule has 1 atom stereocenters. The number of halogens is 2. The van der Waals surface area contributed by atoms with Crippen molar-refractivity contribution in [1.82, 2.24) is 4.31 Å². The zero-order valence-electron chi connectivity index (χ0n) is 15.1. The van der Waals surface area contributed by atoms with Gasteiger partial charge in [-0.25, -0.2) is 8.42 Å². The molecule has 0 aromatic heterocycles. The molecule has 0 heterocycles. The molecule has 3 rings (SSSR count). The van der Waals surface area contributed by atoms with Crippen LogP contribution in [0.3, 0.4) is 0 Å². The SMILES string of the molecule is CN(CC(=O)Nc1ccccc1SC[C@H]1CC1(Cl)Cl)S(=O)(=O)c1ccccc1. The van der Waals surface area contributed by atoms with Crippen LogP contribution >= 0.6 is 35.0 Å². The number of carbonyl (C=O) groups excluding carboxylic acids is 1. The van der Waals surface area contributed by atoms with E-state index < -0.39 is 20.3 Å². The first-order valence-electron chi connectivity index (χ1n) is 8.61. The van der Waals surface area contributed by atoms with E-state index in [1.807, 2.05) is 18.2 Å². The van der Waals surface area contributed by atoms with Crippen LogP contribution in [0.15, 0.2) is 64.4 Å². The summed E-state index contributed by atoms with van der Waals surface area (Å²) in [5, 5.41) is 2.80. The minimum Gasteiger partial charge on any atom is -0.324 e. The third-order valence-corrected chi connectivity index (χ3v) is 8.35. The molecule has 1 fully saturated rings. The number of rotatable bonds is 8. The van der Waals surface area contributed by atoms with Gasteiger partial charge in [-0.3, -0.25) is 4.79 Å². The smallest absolute Gasteiger partial charge is 0.243 e. The number of amides is 1. The second-order valence-electron chi connectivity index (χ2n) is 6.59. The van der Waals surface area contributed by atoms with Crippen LogP contribution < -0.4 is 5.32 Å². The number of benzene rings is 2. The van der Waals surface area contributed by atoms with Gasteiger partial charge in [-0.1, -0.05) is 30.3 Å². The lowest BCUT2D eigenvalue weighted by atomic mass is 10.3. The van der Waals surface area contributed by atoms with Gasteiger partial charge < -0.3 is 5.32 Å². The van der Waals surface area contributed by atoms with Crippen molar-refractivity contribution in [3.05, 3.63) is 54.6 Å². The molecule has 9 heteroatoms. The Morgan fingerprint density at radius 1 is 1.18 bits per heavy atom. The number of sulfonamides is 1. The van der Waals surface area contributed by atoms with Gasteiger partial charge in [0, 0.05) is 23.6 Å². The van der Waals surface area contributed by atoms with E-state index in [-0.39, 0.29) is 17.4 Å². The van der Waals surface area contributed by atoms with E-state index in [0.29, 0.717) is 5.69 Å². The first-order chi connectivity index (χ1) is 13.2. The van der Waals surface area contributed by atoms with Gasteiger partial charge in [0.2, 0.25) is 15.9 Å². The second-order valence-corrected chi connectivity index (χ2v) is 11.2. The van der Waals surface area contributed by atoms with E-state index in [2.05, 4.69) is 5.32 Å². The largest absolute Gasteiger partial charge is 0.324 e. The van der Waals surface area contributed by atoms with Gasteiger partial charge in [-0.15, -0.1) is 35.0 Å². The molecule has 0 unspecified atom stereocenters. The number of hydrogen-bond acceptors (Lipinski definition) is 4. The average molecular weight is 459 g/mol. The number of nitrogens with one attached hydrogen (secondary N) is 1. The van der Waals surface area contributed by atoms with E-state index in [1.165, 1.54) is 19.2 Å². The van der Waals surface area contributed by atoms with Crippen LogP contribution in [0.2, 0.25) is 0 Å². The van der Waals surface area contributed by atoms with Crippen molar-refractivity contribution in [3.63, 3.8) is 0 Å². The van der Waals surface area contributed by atoms with E-state index in [9.17, 15) is 13.2 Å². The van der Waals surface area contributed by atoms with Crippen molar-refractivity contribution < 1.29 is 13.2 Å². The summed E-state index contributed by atoms with van der Waals surface area (Å²) in [6.07, 6.45) is 0.764. The molecule has 0 radical (unpaired) electrons. The molecule has 28 heavy (non-hydrogen) atoms. The van der Waals surface area contributed by atoms with Gasteiger partial charge in [-0.05, 0) is 30.7 Å². The standard InChI is InChI=1S/C19H20Cl2N2O3S2/c1-23(28(25,26)15-7-3-2-4-8-15)12-18(24)22-16-9-5-6-10-17(16)27-13-14-11-19(14,20)21/h2-10,14H,11-13H2,1H3,(H,22,24)/t14-/m1/s1. The van der Waals surface area contributed by atoms with Gasteiger partial charge >= 0.3 is 0 Å². The number of likely N-dealkylation sites (N-methyl/N-ethyl adjacent to an activating group) is 1. The fourth-order valence-corrected chi connectivity index (χ4v) is 5.68. The van der Waals surface area contributed by atoms with Crippen molar-refractivity contribution in [2.45, 2.75) is 20.5 Å². The molecule has 150 valence electrons. The Kier molecular flexibility index (Phi) is 6.61. The summed E-state index contributed by atoms with van der Waals surface area (Å²) in [7, 11) is -2.34.